The highest BCUT2D eigenvalue weighted by atomic mass is 32.1. The predicted molar refractivity (Wildman–Crippen MR) is 145 cm³/mol. The fourth-order valence-electron chi connectivity index (χ4n) is 4.82. The van der Waals surface area contributed by atoms with E-state index in [2.05, 4.69) is 16.0 Å². The normalized spacial score (nSPS) is 17.1. The second-order valence-corrected chi connectivity index (χ2v) is 11.0. The first kappa shape index (κ1) is 27.3. The van der Waals surface area contributed by atoms with Crippen molar-refractivity contribution in [1.29, 1.82) is 0 Å². The van der Waals surface area contributed by atoms with Crippen LogP contribution in [0.1, 0.15) is 54.5 Å². The highest BCUT2D eigenvalue weighted by Gasteiger charge is 2.40. The number of anilines is 1. The van der Waals surface area contributed by atoms with Gasteiger partial charge in [-0.15, -0.1) is 11.3 Å². The Morgan fingerprint density at radius 3 is 2.75 bits per heavy atom. The summed E-state index contributed by atoms with van der Waals surface area (Å²) in [7, 11) is 1.56. The zero-order valence-electron chi connectivity index (χ0n) is 22.3. The van der Waals surface area contributed by atoms with Crippen LogP contribution in [0.3, 0.4) is 0 Å². The maximum atomic E-state index is 15.5. The second kappa shape index (κ2) is 10.4. The van der Waals surface area contributed by atoms with E-state index in [0.29, 0.717) is 28.6 Å². The van der Waals surface area contributed by atoms with E-state index in [4.69, 9.17) is 14.5 Å². The van der Waals surface area contributed by atoms with E-state index in [1.165, 1.54) is 28.4 Å². The van der Waals surface area contributed by atoms with E-state index in [9.17, 15) is 19.2 Å². The SMILES string of the molecule is CCOc1cc(OC)cc2sc(C(C)(C)NC(=O)Nc3ccc4c(c3F)CN(C3CCC(=O)NC3=O)C4=O)nc12. The number of amides is 5. The Morgan fingerprint density at radius 1 is 1.27 bits per heavy atom. The maximum Gasteiger partial charge on any atom is 0.320 e. The molecule has 40 heavy (non-hydrogen) atoms. The third kappa shape index (κ3) is 4.92. The maximum absolute atomic E-state index is 15.5. The number of hydrogen-bond donors (Lipinski definition) is 3. The minimum Gasteiger partial charge on any atom is -0.497 e. The average molecular weight is 570 g/mol. The smallest absolute Gasteiger partial charge is 0.320 e. The molecule has 0 bridgehead atoms. The molecule has 3 heterocycles. The lowest BCUT2D eigenvalue weighted by molar-refractivity contribution is -0.136. The number of nitrogens with zero attached hydrogens (tertiary/aromatic N) is 2. The number of benzene rings is 2. The molecule has 2 aromatic carbocycles. The van der Waals surface area contributed by atoms with Gasteiger partial charge in [0.05, 0.1) is 36.2 Å². The van der Waals surface area contributed by atoms with E-state index in [-0.39, 0.29) is 36.2 Å². The summed E-state index contributed by atoms with van der Waals surface area (Å²) in [5, 5.41) is 8.18. The number of hydrogen-bond acceptors (Lipinski definition) is 8. The number of nitrogens with one attached hydrogen (secondary N) is 3. The molecule has 5 rings (SSSR count). The molecule has 1 fully saturated rings. The van der Waals surface area contributed by atoms with Crippen LogP contribution in [0.4, 0.5) is 14.9 Å². The number of carbonyl (C=O) groups is 4. The van der Waals surface area contributed by atoms with Gasteiger partial charge in [-0.05, 0) is 45.4 Å². The molecule has 5 amide bonds. The van der Waals surface area contributed by atoms with Crippen molar-refractivity contribution >= 4 is 51.0 Å². The second-order valence-electron chi connectivity index (χ2n) is 9.98. The van der Waals surface area contributed by atoms with E-state index in [0.717, 1.165) is 4.70 Å². The van der Waals surface area contributed by atoms with Gasteiger partial charge in [-0.1, -0.05) is 0 Å². The molecule has 2 aliphatic rings. The molecule has 210 valence electrons. The number of halogens is 1. The van der Waals surface area contributed by atoms with Crippen molar-refractivity contribution in [1.82, 2.24) is 20.5 Å². The zero-order chi connectivity index (χ0) is 28.8. The number of imide groups is 1. The third-order valence-electron chi connectivity index (χ3n) is 6.83. The number of urea groups is 1. The number of piperidine rings is 1. The van der Waals surface area contributed by atoms with Crippen molar-refractivity contribution in [2.24, 2.45) is 0 Å². The summed E-state index contributed by atoms with van der Waals surface area (Å²) in [6.45, 7) is 5.72. The lowest BCUT2D eigenvalue weighted by Gasteiger charge is -2.29. The zero-order valence-corrected chi connectivity index (χ0v) is 23.2. The van der Waals surface area contributed by atoms with Gasteiger partial charge < -0.3 is 25.0 Å². The highest BCUT2D eigenvalue weighted by Crippen LogP contribution is 2.38. The molecule has 0 radical (unpaired) electrons. The Morgan fingerprint density at radius 2 is 2.05 bits per heavy atom. The Balaban J connectivity index is 1.33. The Bertz CT molecular complexity index is 1550. The summed E-state index contributed by atoms with van der Waals surface area (Å²) in [6, 6.07) is 4.79. The molecule has 3 N–H and O–H groups in total. The van der Waals surface area contributed by atoms with Crippen molar-refractivity contribution in [3.8, 4) is 11.5 Å². The van der Waals surface area contributed by atoms with E-state index < -0.39 is 41.2 Å². The van der Waals surface area contributed by atoms with Crippen LogP contribution in [0, 0.1) is 5.82 Å². The number of rotatable bonds is 7. The molecule has 13 heteroatoms. The van der Waals surface area contributed by atoms with Gasteiger partial charge in [-0.2, -0.15) is 0 Å². The number of carbonyl (C=O) groups excluding carboxylic acids is 4. The number of methoxy groups -OCH3 is 1. The van der Waals surface area contributed by atoms with Crippen LogP contribution in [0.5, 0.6) is 11.5 Å². The molecule has 3 aromatic rings. The highest BCUT2D eigenvalue weighted by molar-refractivity contribution is 7.18. The van der Waals surface area contributed by atoms with Gasteiger partial charge in [-0.25, -0.2) is 14.2 Å². The van der Waals surface area contributed by atoms with Gasteiger partial charge >= 0.3 is 6.03 Å². The molecule has 11 nitrogen and oxygen atoms in total. The lowest BCUT2D eigenvalue weighted by atomic mass is 10.0. The molecule has 2 aliphatic heterocycles. The van der Waals surface area contributed by atoms with Gasteiger partial charge in [0.1, 0.15) is 28.1 Å². The fraction of sp³-hybridized carbons (Fsp3) is 0.370. The summed E-state index contributed by atoms with van der Waals surface area (Å²) in [4.78, 5) is 55.6. The Hall–Kier alpha value is -4.26. The first-order valence-electron chi connectivity index (χ1n) is 12.7. The van der Waals surface area contributed by atoms with Crippen LogP contribution < -0.4 is 25.4 Å². The summed E-state index contributed by atoms with van der Waals surface area (Å²) >= 11 is 1.37. The molecular weight excluding hydrogens is 541 g/mol. The summed E-state index contributed by atoms with van der Waals surface area (Å²) in [6.07, 6.45) is 0.260. The van der Waals surface area contributed by atoms with Crippen molar-refractivity contribution in [2.45, 2.75) is 51.7 Å². The van der Waals surface area contributed by atoms with Crippen molar-refractivity contribution in [3.63, 3.8) is 0 Å². The van der Waals surface area contributed by atoms with Crippen LogP contribution in [0.25, 0.3) is 10.2 Å². The first-order valence-corrected chi connectivity index (χ1v) is 13.5. The summed E-state index contributed by atoms with van der Waals surface area (Å²) < 4.78 is 27.4. The standard InChI is InChI=1S/C27H28FN5O6S/c1-5-39-18-10-13(38-4)11-19-22(18)31-25(40-19)27(2,3)32-26(37)29-16-7-6-14-15(21(16)28)12-33(24(14)36)17-8-9-20(34)30-23(17)35/h6-7,10-11,17H,5,8-9,12H2,1-4H3,(H2,29,32,37)(H,30,34,35). The summed E-state index contributed by atoms with van der Waals surface area (Å²) in [5.74, 6) is -1.06. The average Bonchev–Trinajstić information content (AvgIpc) is 3.48. The topological polar surface area (TPSA) is 139 Å². The molecule has 1 aromatic heterocycles. The predicted octanol–water partition coefficient (Wildman–Crippen LogP) is 3.66. The van der Waals surface area contributed by atoms with E-state index in [1.807, 2.05) is 13.0 Å². The fourth-order valence-corrected chi connectivity index (χ4v) is 5.89. The van der Waals surface area contributed by atoms with Gasteiger partial charge in [0.25, 0.3) is 5.91 Å². The third-order valence-corrected chi connectivity index (χ3v) is 8.15. The van der Waals surface area contributed by atoms with Crippen LogP contribution in [0.2, 0.25) is 0 Å². The largest absolute Gasteiger partial charge is 0.497 e. The number of aromatic nitrogens is 1. The number of ether oxygens (including phenoxy) is 2. The van der Waals surface area contributed by atoms with E-state index >= 15 is 4.39 Å². The van der Waals surface area contributed by atoms with Crippen molar-refractivity contribution < 1.29 is 33.0 Å². The first-order chi connectivity index (χ1) is 19.0. The monoisotopic (exact) mass is 569 g/mol. The van der Waals surface area contributed by atoms with E-state index in [1.54, 1.807) is 27.0 Å². The quantitative estimate of drug-likeness (QED) is 0.369. The van der Waals surface area contributed by atoms with Crippen LogP contribution in [0.15, 0.2) is 24.3 Å². The van der Waals surface area contributed by atoms with Crippen LogP contribution in [-0.4, -0.2) is 53.4 Å². The molecule has 0 saturated carbocycles. The Kier molecular flexibility index (Phi) is 7.08. The minimum atomic E-state index is -0.934. The molecule has 0 spiro atoms. The molecular formula is C27H28FN5O6S. The van der Waals surface area contributed by atoms with Crippen LogP contribution >= 0.6 is 11.3 Å². The summed E-state index contributed by atoms with van der Waals surface area (Å²) in [5.41, 5.74) is -0.208. The number of fused-ring (bicyclic) bond motifs is 2. The lowest BCUT2D eigenvalue weighted by Crippen LogP contribution is -2.52. The van der Waals surface area contributed by atoms with Crippen molar-refractivity contribution in [3.05, 3.63) is 46.2 Å². The van der Waals surface area contributed by atoms with Gasteiger partial charge in [0.2, 0.25) is 11.8 Å². The van der Waals surface area contributed by atoms with Gasteiger partial charge in [0, 0.05) is 23.6 Å². The van der Waals surface area contributed by atoms with Crippen LogP contribution in [-0.2, 0) is 21.7 Å². The van der Waals surface area contributed by atoms with Crippen molar-refractivity contribution in [2.75, 3.05) is 19.0 Å². The number of thiazole rings is 1. The molecule has 0 aliphatic carbocycles. The molecule has 1 unspecified atom stereocenters. The van der Waals surface area contributed by atoms with Gasteiger partial charge in [0.15, 0.2) is 5.82 Å². The molecule has 1 atom stereocenters. The van der Waals surface area contributed by atoms with Gasteiger partial charge in [-0.3, -0.25) is 19.7 Å². The Labute approximate surface area is 233 Å². The molecule has 1 saturated heterocycles. The minimum absolute atomic E-state index is 0.0790.